The van der Waals surface area contributed by atoms with Crippen molar-refractivity contribution < 1.29 is 0 Å². The molecule has 3 rings (SSSR count). The number of pyridine rings is 2. The Labute approximate surface area is 125 Å². The van der Waals surface area contributed by atoms with Gasteiger partial charge >= 0.3 is 0 Å². The molecule has 0 bridgehead atoms. The van der Waals surface area contributed by atoms with Gasteiger partial charge in [0.1, 0.15) is 5.82 Å². The average Bonchev–Trinajstić information content (AvgIpc) is 2.87. The molecule has 0 unspecified atom stereocenters. The summed E-state index contributed by atoms with van der Waals surface area (Å²) in [7, 11) is 4.01. The Hall–Kier alpha value is -2.36. The maximum absolute atomic E-state index is 4.75. The van der Waals surface area contributed by atoms with Crippen molar-refractivity contribution in [2.45, 2.75) is 19.8 Å². The fraction of sp³-hybridized carbons (Fsp3) is 0.294. The van der Waals surface area contributed by atoms with E-state index in [-0.39, 0.29) is 0 Å². The predicted octanol–water partition coefficient (Wildman–Crippen LogP) is 3.59. The molecule has 0 aliphatic rings. The lowest BCUT2D eigenvalue weighted by molar-refractivity contribution is 0.789. The van der Waals surface area contributed by atoms with Gasteiger partial charge in [-0.15, -0.1) is 0 Å². The number of rotatable bonds is 3. The van der Waals surface area contributed by atoms with Crippen LogP contribution in [0.2, 0.25) is 0 Å². The second-order valence-corrected chi connectivity index (χ2v) is 5.74. The first-order valence-corrected chi connectivity index (χ1v) is 7.19. The normalized spacial score (nSPS) is 11.3. The van der Waals surface area contributed by atoms with Crippen LogP contribution in [-0.2, 0) is 0 Å². The van der Waals surface area contributed by atoms with Crippen molar-refractivity contribution in [2.75, 3.05) is 19.0 Å². The molecule has 4 heteroatoms. The van der Waals surface area contributed by atoms with E-state index < -0.39 is 0 Å². The lowest BCUT2D eigenvalue weighted by Gasteiger charge is -2.13. The molecule has 0 aromatic carbocycles. The van der Waals surface area contributed by atoms with Gasteiger partial charge in [-0.05, 0) is 35.7 Å². The van der Waals surface area contributed by atoms with E-state index in [1.165, 1.54) is 11.1 Å². The second kappa shape index (κ2) is 5.20. The largest absolute Gasteiger partial charge is 0.363 e. The van der Waals surface area contributed by atoms with E-state index >= 15 is 0 Å². The van der Waals surface area contributed by atoms with Gasteiger partial charge in [0.15, 0.2) is 0 Å². The monoisotopic (exact) mass is 280 g/mol. The molecule has 3 aromatic rings. The minimum absolute atomic E-state index is 0.371. The maximum Gasteiger partial charge on any atom is 0.128 e. The van der Waals surface area contributed by atoms with Crippen molar-refractivity contribution in [2.24, 2.45) is 0 Å². The van der Waals surface area contributed by atoms with E-state index in [0.717, 1.165) is 17.0 Å². The molecule has 108 valence electrons. The van der Waals surface area contributed by atoms with E-state index in [0.29, 0.717) is 5.92 Å². The van der Waals surface area contributed by atoms with E-state index in [1.54, 1.807) is 0 Å². The highest BCUT2D eigenvalue weighted by Crippen LogP contribution is 2.33. The first kappa shape index (κ1) is 13.6. The fourth-order valence-electron chi connectivity index (χ4n) is 2.54. The van der Waals surface area contributed by atoms with Crippen LogP contribution in [0.15, 0.2) is 42.7 Å². The minimum atomic E-state index is 0.371. The summed E-state index contributed by atoms with van der Waals surface area (Å²) in [6, 6.07) is 10.4. The van der Waals surface area contributed by atoms with Gasteiger partial charge in [-0.3, -0.25) is 0 Å². The first-order chi connectivity index (χ1) is 10.1. The van der Waals surface area contributed by atoms with Crippen molar-refractivity contribution in [1.29, 1.82) is 0 Å². The quantitative estimate of drug-likeness (QED) is 0.735. The number of nitrogens with zero attached hydrogens (tertiary/aromatic N) is 4. The van der Waals surface area contributed by atoms with Crippen molar-refractivity contribution in [1.82, 2.24) is 14.6 Å². The number of hydrogen-bond donors (Lipinski definition) is 0. The Morgan fingerprint density at radius 1 is 1.14 bits per heavy atom. The van der Waals surface area contributed by atoms with Gasteiger partial charge in [0.05, 0.1) is 11.2 Å². The number of hydrogen-bond acceptors (Lipinski definition) is 3. The number of anilines is 1. The highest BCUT2D eigenvalue weighted by Gasteiger charge is 2.17. The molecule has 21 heavy (non-hydrogen) atoms. The van der Waals surface area contributed by atoms with Crippen molar-refractivity contribution in [3.05, 3.63) is 48.4 Å². The SMILES string of the molecule is CC(C)c1nn2ccccc2c1-c1ccnc(N(C)C)c1. The summed E-state index contributed by atoms with van der Waals surface area (Å²) in [6.45, 7) is 4.36. The van der Waals surface area contributed by atoms with Crippen molar-refractivity contribution in [3.8, 4) is 11.1 Å². The number of aromatic nitrogens is 3. The topological polar surface area (TPSA) is 33.4 Å². The van der Waals surface area contributed by atoms with Crippen LogP contribution in [0, 0.1) is 0 Å². The van der Waals surface area contributed by atoms with Crippen LogP contribution in [0.5, 0.6) is 0 Å². The molecule has 0 amide bonds. The van der Waals surface area contributed by atoms with E-state index in [4.69, 9.17) is 5.10 Å². The Bertz CT molecular complexity index is 771. The van der Waals surface area contributed by atoms with Crippen molar-refractivity contribution >= 4 is 11.3 Å². The zero-order valence-electron chi connectivity index (χ0n) is 12.9. The highest BCUT2D eigenvalue weighted by atomic mass is 15.2. The molecule has 0 radical (unpaired) electrons. The van der Waals surface area contributed by atoms with Crippen LogP contribution < -0.4 is 4.90 Å². The predicted molar refractivity (Wildman–Crippen MR) is 86.8 cm³/mol. The third-order valence-electron chi connectivity index (χ3n) is 3.61. The molecule has 0 atom stereocenters. The smallest absolute Gasteiger partial charge is 0.128 e. The molecule has 0 saturated carbocycles. The summed E-state index contributed by atoms with van der Waals surface area (Å²) in [4.78, 5) is 6.42. The van der Waals surface area contributed by atoms with Gasteiger partial charge in [0.2, 0.25) is 0 Å². The molecule has 0 fully saturated rings. The zero-order chi connectivity index (χ0) is 15.0. The molecule has 0 saturated heterocycles. The van der Waals surface area contributed by atoms with E-state index in [1.807, 2.05) is 42.0 Å². The van der Waals surface area contributed by atoms with Gasteiger partial charge < -0.3 is 4.90 Å². The summed E-state index contributed by atoms with van der Waals surface area (Å²) < 4.78 is 1.96. The van der Waals surface area contributed by atoms with Gasteiger partial charge in [-0.25, -0.2) is 9.50 Å². The summed E-state index contributed by atoms with van der Waals surface area (Å²) in [6.07, 6.45) is 3.86. The van der Waals surface area contributed by atoms with Crippen LogP contribution in [-0.4, -0.2) is 28.7 Å². The summed E-state index contributed by atoms with van der Waals surface area (Å²) in [5, 5.41) is 4.75. The molecule has 3 heterocycles. The van der Waals surface area contributed by atoms with Crippen LogP contribution in [0.1, 0.15) is 25.5 Å². The fourth-order valence-corrected chi connectivity index (χ4v) is 2.54. The molecule has 0 spiro atoms. The second-order valence-electron chi connectivity index (χ2n) is 5.74. The molecule has 4 nitrogen and oxygen atoms in total. The summed E-state index contributed by atoms with van der Waals surface area (Å²) in [5.74, 6) is 1.33. The molecule has 0 N–H and O–H groups in total. The maximum atomic E-state index is 4.75. The van der Waals surface area contributed by atoms with Crippen LogP contribution in [0.25, 0.3) is 16.6 Å². The molecular weight excluding hydrogens is 260 g/mol. The Morgan fingerprint density at radius 3 is 2.67 bits per heavy atom. The van der Waals surface area contributed by atoms with Crippen LogP contribution >= 0.6 is 0 Å². The highest BCUT2D eigenvalue weighted by molar-refractivity contribution is 5.83. The average molecular weight is 280 g/mol. The van der Waals surface area contributed by atoms with Crippen molar-refractivity contribution in [3.63, 3.8) is 0 Å². The summed E-state index contributed by atoms with van der Waals surface area (Å²) >= 11 is 0. The van der Waals surface area contributed by atoms with Gasteiger partial charge in [0, 0.05) is 32.1 Å². The van der Waals surface area contributed by atoms with Crippen LogP contribution in [0.3, 0.4) is 0 Å². The molecule has 3 aromatic heterocycles. The molecular formula is C17H20N4. The third-order valence-corrected chi connectivity index (χ3v) is 3.61. The van der Waals surface area contributed by atoms with Gasteiger partial charge in [-0.1, -0.05) is 19.9 Å². The van der Waals surface area contributed by atoms with E-state index in [2.05, 4.69) is 43.1 Å². The summed E-state index contributed by atoms with van der Waals surface area (Å²) in [5.41, 5.74) is 4.63. The first-order valence-electron chi connectivity index (χ1n) is 7.19. The Balaban J connectivity index is 2.28. The standard InChI is InChI=1S/C17H20N4/c1-12(2)17-16(14-7-5-6-10-21(14)19-17)13-8-9-18-15(11-13)20(3)4/h5-12H,1-4H3. The molecule has 0 aliphatic heterocycles. The third kappa shape index (κ3) is 2.37. The van der Waals surface area contributed by atoms with Gasteiger partial charge in [-0.2, -0.15) is 5.10 Å². The Morgan fingerprint density at radius 2 is 1.95 bits per heavy atom. The zero-order valence-corrected chi connectivity index (χ0v) is 12.9. The lowest BCUT2D eigenvalue weighted by atomic mass is 9.99. The number of fused-ring (bicyclic) bond motifs is 1. The Kier molecular flexibility index (Phi) is 3.37. The van der Waals surface area contributed by atoms with Crippen LogP contribution in [0.4, 0.5) is 5.82 Å². The van der Waals surface area contributed by atoms with E-state index in [9.17, 15) is 0 Å². The minimum Gasteiger partial charge on any atom is -0.363 e. The molecule has 0 aliphatic carbocycles. The lowest BCUT2D eigenvalue weighted by Crippen LogP contribution is -2.10. The van der Waals surface area contributed by atoms with Gasteiger partial charge in [0.25, 0.3) is 0 Å².